The molecule has 0 fully saturated rings. The lowest BCUT2D eigenvalue weighted by atomic mass is 10.6. The molecule has 4 nitrogen and oxygen atoms in total. The molecule has 0 saturated heterocycles. The summed E-state index contributed by atoms with van der Waals surface area (Å²) in [7, 11) is 0. The van der Waals surface area contributed by atoms with Crippen LogP contribution in [0.4, 0.5) is 0 Å². The predicted octanol–water partition coefficient (Wildman–Crippen LogP) is 0.979. The van der Waals surface area contributed by atoms with Crippen molar-refractivity contribution in [1.29, 1.82) is 10.5 Å². The summed E-state index contributed by atoms with van der Waals surface area (Å²) >= 11 is 0. The molecule has 54 valence electrons. The van der Waals surface area contributed by atoms with Gasteiger partial charge in [-0.3, -0.25) is 0 Å². The Morgan fingerprint density at radius 3 is 2.36 bits per heavy atom. The minimum atomic E-state index is 0.0786. The van der Waals surface area contributed by atoms with E-state index in [2.05, 4.69) is 18.2 Å². The third kappa shape index (κ3) is 2.83. The molecule has 0 radical (unpaired) electrons. The standard InChI is InChI=1S/C7H6N4/c1-3-4-10-7(2)11(5-8)6-9/h3-4H,1-2H2/b10-4-. The number of rotatable bonds is 3. The number of nitrogens with zero attached hydrogens (tertiary/aromatic N) is 4. The molecule has 0 amide bonds. The van der Waals surface area contributed by atoms with Crippen LogP contribution in [0.15, 0.2) is 30.0 Å². The number of aliphatic imine (C=N–C) groups is 1. The van der Waals surface area contributed by atoms with E-state index in [1.807, 2.05) is 0 Å². The second-order valence-electron chi connectivity index (χ2n) is 1.47. The molecule has 0 unspecified atom stereocenters. The van der Waals surface area contributed by atoms with Crippen LogP contribution in [0, 0.1) is 22.9 Å². The Hall–Kier alpha value is -2.07. The third-order valence-corrected chi connectivity index (χ3v) is 0.787. The topological polar surface area (TPSA) is 63.2 Å². The van der Waals surface area contributed by atoms with E-state index in [1.165, 1.54) is 12.3 Å². The van der Waals surface area contributed by atoms with Crippen LogP contribution in [0.1, 0.15) is 0 Å². The van der Waals surface area contributed by atoms with Gasteiger partial charge in [-0.05, 0) is 0 Å². The van der Waals surface area contributed by atoms with Crippen molar-refractivity contribution in [3.8, 4) is 12.4 Å². The lowest BCUT2D eigenvalue weighted by Crippen LogP contribution is -2.06. The van der Waals surface area contributed by atoms with Crippen LogP contribution in [0.2, 0.25) is 0 Å². The number of allylic oxidation sites excluding steroid dienone is 1. The fraction of sp³-hybridized carbons (Fsp3) is 0. The van der Waals surface area contributed by atoms with E-state index in [9.17, 15) is 0 Å². The minimum absolute atomic E-state index is 0.0786. The van der Waals surface area contributed by atoms with Gasteiger partial charge in [0, 0.05) is 6.21 Å². The minimum Gasteiger partial charge on any atom is -0.238 e. The van der Waals surface area contributed by atoms with E-state index in [0.29, 0.717) is 4.90 Å². The zero-order valence-electron chi connectivity index (χ0n) is 5.86. The van der Waals surface area contributed by atoms with Gasteiger partial charge in [0.2, 0.25) is 0 Å². The molecular formula is C7H6N4. The van der Waals surface area contributed by atoms with E-state index in [-0.39, 0.29) is 5.82 Å². The molecule has 0 saturated carbocycles. The molecule has 0 aliphatic carbocycles. The average Bonchev–Trinajstić information content (AvgIpc) is 2.03. The molecule has 0 rings (SSSR count). The number of nitriles is 2. The van der Waals surface area contributed by atoms with Crippen molar-refractivity contribution in [1.82, 2.24) is 4.90 Å². The molecular weight excluding hydrogens is 140 g/mol. The first-order valence-electron chi connectivity index (χ1n) is 2.69. The van der Waals surface area contributed by atoms with Gasteiger partial charge < -0.3 is 0 Å². The molecule has 0 spiro atoms. The number of hydrogen-bond donors (Lipinski definition) is 0. The van der Waals surface area contributed by atoms with Gasteiger partial charge in [0.1, 0.15) is 5.82 Å². The summed E-state index contributed by atoms with van der Waals surface area (Å²) in [6.07, 6.45) is 5.95. The molecule has 0 heterocycles. The van der Waals surface area contributed by atoms with Crippen molar-refractivity contribution in [2.24, 2.45) is 4.99 Å². The van der Waals surface area contributed by atoms with Gasteiger partial charge in [0.05, 0.1) is 0 Å². The lowest BCUT2D eigenvalue weighted by molar-refractivity contribution is 0.667. The summed E-state index contributed by atoms with van der Waals surface area (Å²) < 4.78 is 0. The lowest BCUT2D eigenvalue weighted by Gasteiger charge is -2.00. The molecule has 0 aromatic rings. The first kappa shape index (κ1) is 8.93. The number of hydrogen-bond acceptors (Lipinski definition) is 4. The quantitative estimate of drug-likeness (QED) is 0.338. The monoisotopic (exact) mass is 146 g/mol. The Balaban J connectivity index is 4.28. The Morgan fingerprint density at radius 2 is 2.00 bits per heavy atom. The largest absolute Gasteiger partial charge is 0.238 e. The van der Waals surface area contributed by atoms with Crippen molar-refractivity contribution in [3.05, 3.63) is 25.1 Å². The van der Waals surface area contributed by atoms with E-state index < -0.39 is 0 Å². The molecule has 0 aliphatic heterocycles. The van der Waals surface area contributed by atoms with Crippen LogP contribution >= 0.6 is 0 Å². The molecule has 0 N–H and O–H groups in total. The first-order chi connectivity index (χ1) is 5.26. The van der Waals surface area contributed by atoms with Crippen molar-refractivity contribution in [2.75, 3.05) is 0 Å². The maximum absolute atomic E-state index is 8.29. The van der Waals surface area contributed by atoms with Crippen LogP contribution in [-0.2, 0) is 0 Å². The predicted molar refractivity (Wildman–Crippen MR) is 40.9 cm³/mol. The van der Waals surface area contributed by atoms with E-state index in [1.54, 1.807) is 12.4 Å². The Kier molecular flexibility index (Phi) is 3.88. The van der Waals surface area contributed by atoms with Gasteiger partial charge in [-0.2, -0.15) is 15.4 Å². The molecule has 11 heavy (non-hydrogen) atoms. The van der Waals surface area contributed by atoms with Gasteiger partial charge in [0.15, 0.2) is 12.4 Å². The Bertz CT molecular complexity index is 249. The summed E-state index contributed by atoms with van der Waals surface area (Å²) in [5.74, 6) is 0.0786. The summed E-state index contributed by atoms with van der Waals surface area (Å²) in [6, 6.07) is 0. The Morgan fingerprint density at radius 1 is 1.45 bits per heavy atom. The second-order valence-corrected chi connectivity index (χ2v) is 1.47. The van der Waals surface area contributed by atoms with Crippen molar-refractivity contribution >= 4 is 6.21 Å². The van der Waals surface area contributed by atoms with E-state index >= 15 is 0 Å². The van der Waals surface area contributed by atoms with Crippen LogP contribution in [-0.4, -0.2) is 11.1 Å². The maximum Gasteiger partial charge on any atom is 0.200 e. The highest BCUT2D eigenvalue weighted by Crippen LogP contribution is 1.97. The van der Waals surface area contributed by atoms with Crippen molar-refractivity contribution in [3.63, 3.8) is 0 Å². The van der Waals surface area contributed by atoms with Gasteiger partial charge in [-0.15, -0.1) is 0 Å². The molecule has 4 heteroatoms. The fourth-order valence-electron chi connectivity index (χ4n) is 0.334. The normalized spacial score (nSPS) is 8.18. The summed E-state index contributed by atoms with van der Waals surface area (Å²) in [6.45, 7) is 6.74. The summed E-state index contributed by atoms with van der Waals surface area (Å²) in [5, 5.41) is 16.6. The van der Waals surface area contributed by atoms with Gasteiger partial charge >= 0.3 is 0 Å². The van der Waals surface area contributed by atoms with Gasteiger partial charge in [-0.1, -0.05) is 19.2 Å². The van der Waals surface area contributed by atoms with Crippen LogP contribution in [0.25, 0.3) is 0 Å². The molecule has 0 atom stereocenters. The average molecular weight is 146 g/mol. The Labute approximate surface area is 65.0 Å². The van der Waals surface area contributed by atoms with Gasteiger partial charge in [-0.25, -0.2) is 4.99 Å². The fourth-order valence-corrected chi connectivity index (χ4v) is 0.334. The van der Waals surface area contributed by atoms with Crippen LogP contribution in [0.5, 0.6) is 0 Å². The highest BCUT2D eigenvalue weighted by molar-refractivity contribution is 5.71. The summed E-state index contributed by atoms with van der Waals surface area (Å²) in [5.41, 5.74) is 0. The molecule has 0 aromatic heterocycles. The van der Waals surface area contributed by atoms with Crippen molar-refractivity contribution < 1.29 is 0 Å². The highest BCUT2D eigenvalue weighted by atomic mass is 15.2. The third-order valence-electron chi connectivity index (χ3n) is 0.787. The first-order valence-corrected chi connectivity index (χ1v) is 2.69. The maximum atomic E-state index is 8.29. The summed E-state index contributed by atoms with van der Waals surface area (Å²) in [4.78, 5) is 4.32. The SMILES string of the molecule is C=C/C=N\C(=C)N(C#N)C#N. The van der Waals surface area contributed by atoms with Crippen molar-refractivity contribution in [2.45, 2.75) is 0 Å². The van der Waals surface area contributed by atoms with Crippen LogP contribution < -0.4 is 0 Å². The van der Waals surface area contributed by atoms with E-state index in [4.69, 9.17) is 10.5 Å². The molecule has 0 bridgehead atoms. The second kappa shape index (κ2) is 4.78. The molecule has 0 aromatic carbocycles. The van der Waals surface area contributed by atoms with Crippen LogP contribution in [0.3, 0.4) is 0 Å². The molecule has 0 aliphatic rings. The van der Waals surface area contributed by atoms with E-state index in [0.717, 1.165) is 0 Å². The zero-order chi connectivity index (χ0) is 8.69. The smallest absolute Gasteiger partial charge is 0.200 e. The highest BCUT2D eigenvalue weighted by Gasteiger charge is 2.00. The van der Waals surface area contributed by atoms with Gasteiger partial charge in [0.25, 0.3) is 0 Å². The zero-order valence-corrected chi connectivity index (χ0v) is 5.86.